The van der Waals surface area contributed by atoms with Crippen LogP contribution in [0, 0.1) is 6.92 Å². The summed E-state index contributed by atoms with van der Waals surface area (Å²) in [6.07, 6.45) is 4.03. The van der Waals surface area contributed by atoms with Crippen molar-refractivity contribution in [1.29, 1.82) is 0 Å². The van der Waals surface area contributed by atoms with Crippen molar-refractivity contribution in [3.63, 3.8) is 0 Å². The average molecular weight is 230 g/mol. The van der Waals surface area contributed by atoms with E-state index < -0.39 is 0 Å². The van der Waals surface area contributed by atoms with Gasteiger partial charge in [0.25, 0.3) is 0 Å². The van der Waals surface area contributed by atoms with Crippen LogP contribution in [0.15, 0.2) is 24.5 Å². The molecule has 0 aliphatic rings. The number of aryl methyl sites for hydroxylation is 2. The van der Waals surface area contributed by atoms with Crippen molar-refractivity contribution in [2.45, 2.75) is 26.8 Å². The minimum absolute atomic E-state index is 0.132. The monoisotopic (exact) mass is 230 g/mol. The number of nitrogens with zero attached hydrogens (tertiary/aromatic N) is 4. The van der Waals surface area contributed by atoms with Crippen molar-refractivity contribution in [2.75, 3.05) is 0 Å². The molecule has 0 aliphatic heterocycles. The lowest BCUT2D eigenvalue weighted by molar-refractivity contribution is 0.102. The van der Waals surface area contributed by atoms with Crippen molar-refractivity contribution in [3.05, 3.63) is 41.5 Å². The van der Waals surface area contributed by atoms with Gasteiger partial charge in [-0.3, -0.25) is 9.78 Å². The van der Waals surface area contributed by atoms with Gasteiger partial charge in [-0.1, -0.05) is 12.1 Å². The summed E-state index contributed by atoms with van der Waals surface area (Å²) in [7, 11) is 0. The molecule has 0 saturated carbocycles. The molecular formula is C12H14N4O. The van der Waals surface area contributed by atoms with Gasteiger partial charge >= 0.3 is 0 Å². The number of rotatable bonds is 4. The summed E-state index contributed by atoms with van der Waals surface area (Å²) in [6.45, 7) is 4.65. The Morgan fingerprint density at radius 1 is 1.47 bits per heavy atom. The maximum absolute atomic E-state index is 12.2. The van der Waals surface area contributed by atoms with E-state index >= 15 is 0 Å². The van der Waals surface area contributed by atoms with Crippen LogP contribution in [-0.2, 0) is 6.54 Å². The molecule has 0 bridgehead atoms. The summed E-state index contributed by atoms with van der Waals surface area (Å²) in [5, 5.41) is 7.67. The van der Waals surface area contributed by atoms with Gasteiger partial charge < -0.3 is 0 Å². The Labute approximate surface area is 99.5 Å². The standard InChI is InChI=1S/C12H14N4O/c1-3-6-16-11(8-14-15-16)12(17)10-7-9(2)4-5-13-10/h4-5,7-8H,3,6H2,1-2H3. The van der Waals surface area contributed by atoms with Gasteiger partial charge in [-0.2, -0.15) is 0 Å². The van der Waals surface area contributed by atoms with Crippen molar-refractivity contribution in [3.8, 4) is 0 Å². The second-order valence-corrected chi connectivity index (χ2v) is 3.89. The zero-order chi connectivity index (χ0) is 12.3. The van der Waals surface area contributed by atoms with E-state index in [1.807, 2.05) is 19.9 Å². The predicted molar refractivity (Wildman–Crippen MR) is 62.7 cm³/mol. The third-order valence-electron chi connectivity index (χ3n) is 2.43. The zero-order valence-electron chi connectivity index (χ0n) is 9.92. The topological polar surface area (TPSA) is 60.7 Å². The molecule has 0 spiro atoms. The Hall–Kier alpha value is -2.04. The molecule has 0 unspecified atom stereocenters. The number of aromatic nitrogens is 4. The molecule has 17 heavy (non-hydrogen) atoms. The van der Waals surface area contributed by atoms with Gasteiger partial charge in [0, 0.05) is 12.7 Å². The summed E-state index contributed by atoms with van der Waals surface area (Å²) in [5.74, 6) is -0.132. The van der Waals surface area contributed by atoms with Crippen molar-refractivity contribution in [2.24, 2.45) is 0 Å². The van der Waals surface area contributed by atoms with E-state index in [0.717, 1.165) is 12.0 Å². The summed E-state index contributed by atoms with van der Waals surface area (Å²) < 4.78 is 1.62. The molecule has 5 nitrogen and oxygen atoms in total. The van der Waals surface area contributed by atoms with Crippen LogP contribution < -0.4 is 0 Å². The SMILES string of the molecule is CCCn1nncc1C(=O)c1cc(C)ccn1. The first-order valence-corrected chi connectivity index (χ1v) is 5.58. The quantitative estimate of drug-likeness (QED) is 0.749. The van der Waals surface area contributed by atoms with Crippen LogP contribution >= 0.6 is 0 Å². The van der Waals surface area contributed by atoms with E-state index in [0.29, 0.717) is 17.9 Å². The van der Waals surface area contributed by atoms with E-state index in [-0.39, 0.29) is 5.78 Å². The van der Waals surface area contributed by atoms with Gasteiger partial charge in [0.1, 0.15) is 11.4 Å². The van der Waals surface area contributed by atoms with Crippen LogP contribution in [0.2, 0.25) is 0 Å². The highest BCUT2D eigenvalue weighted by atomic mass is 16.1. The van der Waals surface area contributed by atoms with Crippen LogP contribution in [0.5, 0.6) is 0 Å². The van der Waals surface area contributed by atoms with Crippen molar-refractivity contribution < 1.29 is 4.79 Å². The van der Waals surface area contributed by atoms with Gasteiger partial charge in [-0.05, 0) is 31.0 Å². The lowest BCUT2D eigenvalue weighted by atomic mass is 10.1. The summed E-state index contributed by atoms with van der Waals surface area (Å²) >= 11 is 0. The largest absolute Gasteiger partial charge is 0.285 e. The number of carbonyl (C=O) groups is 1. The molecule has 0 N–H and O–H groups in total. The number of ketones is 1. The first-order valence-electron chi connectivity index (χ1n) is 5.58. The molecule has 0 atom stereocenters. The van der Waals surface area contributed by atoms with Crippen LogP contribution in [0.1, 0.15) is 35.1 Å². The summed E-state index contributed by atoms with van der Waals surface area (Å²) in [4.78, 5) is 16.3. The van der Waals surface area contributed by atoms with Gasteiger partial charge in [0.05, 0.1) is 6.20 Å². The molecule has 0 amide bonds. The lowest BCUT2D eigenvalue weighted by Crippen LogP contribution is -2.12. The molecule has 0 aliphatic carbocycles. The van der Waals surface area contributed by atoms with E-state index in [1.165, 1.54) is 6.20 Å². The maximum Gasteiger partial charge on any atom is 0.230 e. The molecule has 0 fully saturated rings. The fourth-order valence-corrected chi connectivity index (χ4v) is 1.60. The third-order valence-corrected chi connectivity index (χ3v) is 2.43. The highest BCUT2D eigenvalue weighted by Gasteiger charge is 2.16. The molecule has 0 aromatic carbocycles. The summed E-state index contributed by atoms with van der Waals surface area (Å²) in [5.41, 5.74) is 1.94. The van der Waals surface area contributed by atoms with Crippen molar-refractivity contribution in [1.82, 2.24) is 20.0 Å². The first-order chi connectivity index (χ1) is 8.22. The highest BCUT2D eigenvalue weighted by Crippen LogP contribution is 2.08. The van der Waals surface area contributed by atoms with Crippen LogP contribution in [0.3, 0.4) is 0 Å². The van der Waals surface area contributed by atoms with Gasteiger partial charge in [-0.25, -0.2) is 4.68 Å². The van der Waals surface area contributed by atoms with E-state index in [2.05, 4.69) is 15.3 Å². The molecular weight excluding hydrogens is 216 g/mol. The van der Waals surface area contributed by atoms with Crippen LogP contribution in [0.25, 0.3) is 0 Å². The molecule has 0 saturated heterocycles. The molecule has 2 rings (SSSR count). The van der Waals surface area contributed by atoms with E-state index in [4.69, 9.17) is 0 Å². The van der Waals surface area contributed by atoms with Crippen molar-refractivity contribution >= 4 is 5.78 Å². The molecule has 2 heterocycles. The minimum atomic E-state index is -0.132. The predicted octanol–water partition coefficient (Wildman–Crippen LogP) is 1.62. The maximum atomic E-state index is 12.2. The molecule has 5 heteroatoms. The van der Waals surface area contributed by atoms with E-state index in [1.54, 1.807) is 16.9 Å². The highest BCUT2D eigenvalue weighted by molar-refractivity contribution is 6.06. The third kappa shape index (κ3) is 2.38. The number of pyridine rings is 1. The number of hydrogen-bond acceptors (Lipinski definition) is 4. The summed E-state index contributed by atoms with van der Waals surface area (Å²) in [6, 6.07) is 3.63. The Kier molecular flexibility index (Phi) is 3.27. The van der Waals surface area contributed by atoms with E-state index in [9.17, 15) is 4.79 Å². The second-order valence-electron chi connectivity index (χ2n) is 3.89. The normalized spacial score (nSPS) is 10.5. The van der Waals surface area contributed by atoms with Gasteiger partial charge in [-0.15, -0.1) is 5.10 Å². The molecule has 88 valence electrons. The zero-order valence-corrected chi connectivity index (χ0v) is 9.92. The Balaban J connectivity index is 2.33. The Morgan fingerprint density at radius 3 is 3.00 bits per heavy atom. The Morgan fingerprint density at radius 2 is 2.29 bits per heavy atom. The minimum Gasteiger partial charge on any atom is -0.285 e. The number of hydrogen-bond donors (Lipinski definition) is 0. The second kappa shape index (κ2) is 4.86. The number of carbonyl (C=O) groups excluding carboxylic acids is 1. The van der Waals surface area contributed by atoms with Gasteiger partial charge in [0.2, 0.25) is 5.78 Å². The van der Waals surface area contributed by atoms with Gasteiger partial charge in [0.15, 0.2) is 0 Å². The average Bonchev–Trinajstić information content (AvgIpc) is 2.77. The molecule has 0 radical (unpaired) electrons. The molecule has 2 aromatic heterocycles. The molecule has 2 aromatic rings. The fourth-order valence-electron chi connectivity index (χ4n) is 1.60. The first kappa shape index (κ1) is 11.4. The smallest absolute Gasteiger partial charge is 0.230 e. The van der Waals surface area contributed by atoms with Crippen LogP contribution in [-0.4, -0.2) is 25.8 Å². The fraction of sp³-hybridized carbons (Fsp3) is 0.333. The lowest BCUT2D eigenvalue weighted by Gasteiger charge is -2.03. The Bertz CT molecular complexity index is 533. The van der Waals surface area contributed by atoms with Crippen LogP contribution in [0.4, 0.5) is 0 Å².